The summed E-state index contributed by atoms with van der Waals surface area (Å²) >= 11 is 0. The molecule has 7 rings (SSSR count). The zero-order chi connectivity index (χ0) is 27.0. The SMILES string of the molecule is CC(C)(O)C(C)(C)O[B]c1cccc2c1-c1cc3ccccc3cc1C21c2ccccc2Oc2ccccc21. The van der Waals surface area contributed by atoms with E-state index in [1.165, 1.54) is 27.5 Å². The first-order valence-electron chi connectivity index (χ1n) is 13.5. The van der Waals surface area contributed by atoms with E-state index < -0.39 is 16.6 Å². The number of hydrogen-bond acceptors (Lipinski definition) is 3. The van der Waals surface area contributed by atoms with Gasteiger partial charge in [0.2, 0.25) is 0 Å². The Kier molecular flexibility index (Phi) is 5.16. The van der Waals surface area contributed by atoms with Gasteiger partial charge in [-0.1, -0.05) is 78.9 Å². The Morgan fingerprint density at radius 3 is 1.87 bits per heavy atom. The van der Waals surface area contributed by atoms with E-state index in [0.29, 0.717) is 0 Å². The molecule has 1 N–H and O–H groups in total. The van der Waals surface area contributed by atoms with Crippen LogP contribution in [0.3, 0.4) is 0 Å². The summed E-state index contributed by atoms with van der Waals surface area (Å²) in [5, 5.41) is 13.1. The van der Waals surface area contributed by atoms with Gasteiger partial charge in [-0.25, -0.2) is 0 Å². The Morgan fingerprint density at radius 2 is 1.23 bits per heavy atom. The van der Waals surface area contributed by atoms with Crippen LogP contribution in [0.4, 0.5) is 0 Å². The van der Waals surface area contributed by atoms with Crippen molar-refractivity contribution in [3.05, 3.63) is 125 Å². The molecule has 0 saturated carbocycles. The molecule has 0 aromatic heterocycles. The van der Waals surface area contributed by atoms with Gasteiger partial charge in [0.1, 0.15) is 11.5 Å². The third-order valence-electron chi connectivity index (χ3n) is 8.82. The van der Waals surface area contributed by atoms with Crippen molar-refractivity contribution in [2.24, 2.45) is 0 Å². The summed E-state index contributed by atoms with van der Waals surface area (Å²) in [4.78, 5) is 0. The summed E-state index contributed by atoms with van der Waals surface area (Å²) in [7, 11) is 1.83. The first-order valence-corrected chi connectivity index (χ1v) is 13.5. The van der Waals surface area contributed by atoms with Crippen LogP contribution in [-0.2, 0) is 10.1 Å². The molecule has 1 spiro atoms. The number of para-hydroxylation sites is 2. The van der Waals surface area contributed by atoms with Gasteiger partial charge in [0, 0.05) is 11.1 Å². The smallest absolute Gasteiger partial charge is 0.331 e. The highest BCUT2D eigenvalue weighted by molar-refractivity contribution is 6.50. The van der Waals surface area contributed by atoms with Crippen LogP contribution in [0, 0.1) is 0 Å². The molecule has 1 aliphatic heterocycles. The van der Waals surface area contributed by atoms with Crippen molar-refractivity contribution in [1.82, 2.24) is 0 Å². The third-order valence-corrected chi connectivity index (χ3v) is 8.82. The van der Waals surface area contributed by atoms with E-state index in [-0.39, 0.29) is 0 Å². The van der Waals surface area contributed by atoms with Gasteiger partial charge in [-0.05, 0) is 90.4 Å². The van der Waals surface area contributed by atoms with Gasteiger partial charge in [-0.2, -0.15) is 0 Å². The first kappa shape index (κ1) is 24.2. The molecule has 39 heavy (non-hydrogen) atoms. The van der Waals surface area contributed by atoms with Crippen LogP contribution in [0.15, 0.2) is 103 Å². The molecule has 191 valence electrons. The van der Waals surface area contributed by atoms with Crippen LogP contribution >= 0.6 is 0 Å². The van der Waals surface area contributed by atoms with Crippen molar-refractivity contribution < 1.29 is 14.5 Å². The van der Waals surface area contributed by atoms with Crippen molar-refractivity contribution in [2.45, 2.75) is 44.3 Å². The molecule has 1 heterocycles. The van der Waals surface area contributed by atoms with Crippen molar-refractivity contribution in [3.8, 4) is 22.6 Å². The van der Waals surface area contributed by atoms with Crippen LogP contribution < -0.4 is 10.2 Å². The monoisotopic (exact) mass is 509 g/mol. The second kappa shape index (κ2) is 8.32. The molecule has 0 fully saturated rings. The predicted molar refractivity (Wildman–Crippen MR) is 158 cm³/mol. The Balaban J connectivity index is 1.56. The highest BCUT2D eigenvalue weighted by atomic mass is 16.5. The Bertz CT molecular complexity index is 1720. The van der Waals surface area contributed by atoms with Gasteiger partial charge in [0.15, 0.2) is 0 Å². The highest BCUT2D eigenvalue weighted by Gasteiger charge is 2.51. The Hall–Kier alpha value is -3.86. The molecule has 0 bridgehead atoms. The topological polar surface area (TPSA) is 38.7 Å². The molecule has 1 radical (unpaired) electrons. The zero-order valence-corrected chi connectivity index (χ0v) is 22.7. The van der Waals surface area contributed by atoms with E-state index in [1.807, 2.05) is 33.5 Å². The van der Waals surface area contributed by atoms with Crippen molar-refractivity contribution in [2.75, 3.05) is 0 Å². The molecule has 0 saturated heterocycles. The average Bonchev–Trinajstić information content (AvgIpc) is 3.21. The largest absolute Gasteiger partial charge is 0.457 e. The van der Waals surface area contributed by atoms with Gasteiger partial charge < -0.3 is 14.5 Å². The summed E-state index contributed by atoms with van der Waals surface area (Å²) in [6.07, 6.45) is 0. The van der Waals surface area contributed by atoms with E-state index in [9.17, 15) is 5.11 Å². The molecular weight excluding hydrogens is 479 g/mol. The van der Waals surface area contributed by atoms with E-state index >= 15 is 0 Å². The second-order valence-electron chi connectivity index (χ2n) is 11.7. The van der Waals surface area contributed by atoms with Gasteiger partial charge in [0.25, 0.3) is 0 Å². The van der Waals surface area contributed by atoms with Gasteiger partial charge in [-0.3, -0.25) is 0 Å². The van der Waals surface area contributed by atoms with Crippen LogP contribution in [-0.4, -0.2) is 23.8 Å². The number of ether oxygens (including phenoxy) is 1. The fourth-order valence-corrected chi connectivity index (χ4v) is 6.11. The molecule has 5 aromatic rings. The van der Waals surface area contributed by atoms with Gasteiger partial charge in [-0.15, -0.1) is 0 Å². The lowest BCUT2D eigenvalue weighted by Gasteiger charge is -2.39. The van der Waals surface area contributed by atoms with E-state index in [2.05, 4.69) is 91.0 Å². The van der Waals surface area contributed by atoms with Crippen LogP contribution in [0.2, 0.25) is 0 Å². The molecule has 0 unspecified atom stereocenters. The summed E-state index contributed by atoms with van der Waals surface area (Å²) in [6, 6.07) is 36.5. The molecule has 1 aliphatic carbocycles. The minimum Gasteiger partial charge on any atom is -0.457 e. The summed E-state index contributed by atoms with van der Waals surface area (Å²) in [5.41, 5.74) is 5.68. The summed E-state index contributed by atoms with van der Waals surface area (Å²) in [6.45, 7) is 7.40. The predicted octanol–water partition coefficient (Wildman–Crippen LogP) is 7.12. The maximum absolute atomic E-state index is 10.8. The maximum Gasteiger partial charge on any atom is 0.331 e. The normalized spacial score (nSPS) is 14.8. The number of hydrogen-bond donors (Lipinski definition) is 1. The summed E-state index contributed by atoms with van der Waals surface area (Å²) in [5.74, 6) is 1.74. The van der Waals surface area contributed by atoms with Gasteiger partial charge in [0.05, 0.1) is 16.6 Å². The number of benzene rings is 5. The quantitative estimate of drug-likeness (QED) is 0.257. The molecule has 0 amide bonds. The van der Waals surface area contributed by atoms with E-state index in [1.54, 1.807) is 13.8 Å². The van der Waals surface area contributed by atoms with Crippen LogP contribution in [0.5, 0.6) is 11.5 Å². The van der Waals surface area contributed by atoms with Gasteiger partial charge >= 0.3 is 7.48 Å². The number of aliphatic hydroxyl groups is 1. The van der Waals surface area contributed by atoms with E-state index in [0.717, 1.165) is 33.7 Å². The third kappa shape index (κ3) is 3.38. The molecule has 2 aliphatic rings. The first-order chi connectivity index (χ1) is 18.7. The molecule has 4 heteroatoms. The second-order valence-corrected chi connectivity index (χ2v) is 11.7. The van der Waals surface area contributed by atoms with Crippen molar-refractivity contribution >= 4 is 23.7 Å². The standard InChI is InChI=1S/C35H30BO3/c1-33(2,37)34(3,4)39-36-29-17-11-16-27-32(29)24-20-22-12-5-6-13-23(22)21-28(24)35(27)25-14-7-9-18-30(25)38-31-19-10-8-15-26(31)35/h5-21,37H,1-4H3. The maximum atomic E-state index is 10.8. The lowest BCUT2D eigenvalue weighted by molar-refractivity contribution is -0.0893. The fraction of sp³-hybridized carbons (Fsp3) is 0.200. The molecule has 3 nitrogen and oxygen atoms in total. The molecular formula is C35H30BO3. The van der Waals surface area contributed by atoms with Crippen molar-refractivity contribution in [3.63, 3.8) is 0 Å². The number of fused-ring (bicyclic) bond motifs is 10. The molecule has 5 aromatic carbocycles. The lowest BCUT2D eigenvalue weighted by atomic mass is 9.65. The number of rotatable bonds is 4. The highest BCUT2D eigenvalue weighted by Crippen LogP contribution is 2.62. The van der Waals surface area contributed by atoms with Crippen LogP contribution in [0.1, 0.15) is 49.9 Å². The fourth-order valence-electron chi connectivity index (χ4n) is 6.11. The Morgan fingerprint density at radius 1 is 0.667 bits per heavy atom. The minimum atomic E-state index is -1.02. The Labute approximate surface area is 230 Å². The average molecular weight is 509 g/mol. The van der Waals surface area contributed by atoms with E-state index in [4.69, 9.17) is 9.39 Å². The lowest BCUT2D eigenvalue weighted by Crippen LogP contribution is -2.49. The van der Waals surface area contributed by atoms with Crippen molar-refractivity contribution in [1.29, 1.82) is 0 Å². The zero-order valence-electron chi connectivity index (χ0n) is 22.7. The summed E-state index contributed by atoms with van der Waals surface area (Å²) < 4.78 is 12.8. The molecule has 0 atom stereocenters. The minimum absolute atomic E-state index is 0.546. The van der Waals surface area contributed by atoms with Crippen LogP contribution in [0.25, 0.3) is 21.9 Å².